The van der Waals surface area contributed by atoms with E-state index in [1.807, 2.05) is 12.1 Å². The van der Waals surface area contributed by atoms with E-state index in [1.165, 1.54) is 6.26 Å². The average molecular weight is 318 g/mol. The van der Waals surface area contributed by atoms with Crippen LogP contribution in [0.3, 0.4) is 0 Å². The van der Waals surface area contributed by atoms with Crippen molar-refractivity contribution >= 4 is 17.5 Å². The largest absolute Gasteiger partial charge is 0.459 e. The van der Waals surface area contributed by atoms with Crippen molar-refractivity contribution in [3.63, 3.8) is 0 Å². The van der Waals surface area contributed by atoms with E-state index in [0.717, 1.165) is 0 Å². The number of carbonyl (C=O) groups is 1. The Kier molecular flexibility index (Phi) is 3.93. The highest BCUT2D eigenvalue weighted by atomic mass is 35.5. The molecule has 0 aliphatic rings. The van der Waals surface area contributed by atoms with E-state index >= 15 is 0 Å². The number of carbonyl (C=O) groups excluding carboxylic acids is 1. The van der Waals surface area contributed by atoms with Gasteiger partial charge in [0.1, 0.15) is 6.04 Å². The van der Waals surface area contributed by atoms with Crippen molar-refractivity contribution in [1.82, 2.24) is 15.5 Å². The van der Waals surface area contributed by atoms with E-state index in [1.54, 1.807) is 31.2 Å². The summed E-state index contributed by atoms with van der Waals surface area (Å²) in [5.74, 6) is 0.530. The molecule has 22 heavy (non-hydrogen) atoms. The van der Waals surface area contributed by atoms with Gasteiger partial charge in [0.05, 0.1) is 11.3 Å². The summed E-state index contributed by atoms with van der Waals surface area (Å²) < 4.78 is 10.2. The van der Waals surface area contributed by atoms with Gasteiger partial charge in [-0.3, -0.25) is 4.79 Å². The molecule has 0 fully saturated rings. The van der Waals surface area contributed by atoms with Crippen LogP contribution in [0.4, 0.5) is 0 Å². The predicted molar refractivity (Wildman–Crippen MR) is 79.3 cm³/mol. The Hall–Kier alpha value is -2.60. The number of aromatic nitrogens is 2. The van der Waals surface area contributed by atoms with Gasteiger partial charge in [-0.2, -0.15) is 4.98 Å². The smallest absolute Gasteiger partial charge is 0.287 e. The Morgan fingerprint density at radius 2 is 2.09 bits per heavy atom. The van der Waals surface area contributed by atoms with Gasteiger partial charge in [-0.05, 0) is 31.2 Å². The maximum atomic E-state index is 11.9. The number of rotatable bonds is 4. The highest BCUT2D eigenvalue weighted by Crippen LogP contribution is 2.26. The summed E-state index contributed by atoms with van der Waals surface area (Å²) in [6.45, 7) is 1.74. The molecule has 112 valence electrons. The van der Waals surface area contributed by atoms with E-state index in [-0.39, 0.29) is 17.6 Å². The number of benzene rings is 1. The molecule has 3 aromatic rings. The summed E-state index contributed by atoms with van der Waals surface area (Å²) in [4.78, 5) is 16.2. The first kappa shape index (κ1) is 14.3. The predicted octanol–water partition coefficient (Wildman–Crippen LogP) is 3.47. The van der Waals surface area contributed by atoms with Crippen LogP contribution in [0.15, 0.2) is 51.6 Å². The van der Waals surface area contributed by atoms with Crippen molar-refractivity contribution in [2.75, 3.05) is 0 Å². The summed E-state index contributed by atoms with van der Waals surface area (Å²) in [5, 5.41) is 7.14. The number of nitrogens with zero attached hydrogens (tertiary/aromatic N) is 2. The first-order valence-electron chi connectivity index (χ1n) is 6.58. The van der Waals surface area contributed by atoms with Crippen molar-refractivity contribution in [2.45, 2.75) is 13.0 Å². The molecule has 3 rings (SSSR count). The molecule has 1 aromatic carbocycles. The standard InChI is InChI=1S/C15H12ClN3O3/c1-9(17-14(20)12-7-4-8-21-12)15-18-13(19-22-15)10-5-2-3-6-11(10)16/h2-9H,1H3,(H,17,20)/t9-/m0/s1. The van der Waals surface area contributed by atoms with Crippen LogP contribution in [0.2, 0.25) is 5.02 Å². The molecular formula is C15H12ClN3O3. The normalized spacial score (nSPS) is 12.1. The zero-order valence-corrected chi connectivity index (χ0v) is 12.4. The Morgan fingerprint density at radius 1 is 1.27 bits per heavy atom. The lowest BCUT2D eigenvalue weighted by Crippen LogP contribution is -2.26. The average Bonchev–Trinajstić information content (AvgIpc) is 3.19. The first-order chi connectivity index (χ1) is 10.6. The van der Waals surface area contributed by atoms with Crippen LogP contribution < -0.4 is 5.32 Å². The van der Waals surface area contributed by atoms with E-state index in [4.69, 9.17) is 20.5 Å². The SMILES string of the molecule is C[C@H](NC(=O)c1ccco1)c1nc(-c2ccccc2Cl)no1. The molecule has 0 spiro atoms. The maximum Gasteiger partial charge on any atom is 0.287 e. The third kappa shape index (κ3) is 2.87. The van der Waals surface area contributed by atoms with Crippen LogP contribution in [0.5, 0.6) is 0 Å². The van der Waals surface area contributed by atoms with Crippen LogP contribution in [0.1, 0.15) is 29.4 Å². The highest BCUT2D eigenvalue weighted by Gasteiger charge is 2.19. The van der Waals surface area contributed by atoms with Gasteiger partial charge in [-0.15, -0.1) is 0 Å². The minimum absolute atomic E-state index is 0.220. The lowest BCUT2D eigenvalue weighted by Gasteiger charge is -2.07. The molecule has 2 aromatic heterocycles. The Labute approximate surface area is 131 Å². The third-order valence-corrected chi connectivity index (χ3v) is 3.35. The Balaban J connectivity index is 1.76. The number of hydrogen-bond donors (Lipinski definition) is 1. The monoisotopic (exact) mass is 317 g/mol. The summed E-state index contributed by atoms with van der Waals surface area (Å²) >= 11 is 6.10. The molecule has 0 saturated heterocycles. The van der Waals surface area contributed by atoms with Crippen molar-refractivity contribution in [3.8, 4) is 11.4 Å². The lowest BCUT2D eigenvalue weighted by atomic mass is 10.2. The van der Waals surface area contributed by atoms with Crippen LogP contribution in [0.25, 0.3) is 11.4 Å². The van der Waals surface area contributed by atoms with Gasteiger partial charge in [-0.25, -0.2) is 0 Å². The van der Waals surface area contributed by atoms with Gasteiger partial charge in [0.15, 0.2) is 5.76 Å². The van der Waals surface area contributed by atoms with Gasteiger partial charge in [0, 0.05) is 5.56 Å². The molecule has 0 bridgehead atoms. The maximum absolute atomic E-state index is 11.9. The molecule has 7 heteroatoms. The second-order valence-corrected chi connectivity index (χ2v) is 5.02. The summed E-state index contributed by atoms with van der Waals surface area (Å²) in [6, 6.07) is 9.95. The van der Waals surface area contributed by atoms with Gasteiger partial charge >= 0.3 is 0 Å². The Bertz CT molecular complexity index is 783. The van der Waals surface area contributed by atoms with E-state index in [0.29, 0.717) is 16.4 Å². The second-order valence-electron chi connectivity index (χ2n) is 4.61. The number of hydrogen-bond acceptors (Lipinski definition) is 5. The fourth-order valence-corrected chi connectivity index (χ4v) is 2.12. The molecule has 1 N–H and O–H groups in total. The molecule has 6 nitrogen and oxygen atoms in total. The van der Waals surface area contributed by atoms with Gasteiger partial charge in [0.2, 0.25) is 11.7 Å². The molecule has 1 atom stereocenters. The quantitative estimate of drug-likeness (QED) is 0.796. The minimum Gasteiger partial charge on any atom is -0.459 e. The van der Waals surface area contributed by atoms with E-state index in [2.05, 4.69) is 15.5 Å². The lowest BCUT2D eigenvalue weighted by molar-refractivity contribution is 0.0904. The van der Waals surface area contributed by atoms with Crippen LogP contribution in [-0.2, 0) is 0 Å². The topological polar surface area (TPSA) is 81.2 Å². The molecule has 0 radical (unpaired) electrons. The first-order valence-corrected chi connectivity index (χ1v) is 6.96. The van der Waals surface area contributed by atoms with Crippen molar-refractivity contribution < 1.29 is 13.7 Å². The van der Waals surface area contributed by atoms with Crippen LogP contribution in [-0.4, -0.2) is 16.0 Å². The van der Waals surface area contributed by atoms with Gasteiger partial charge < -0.3 is 14.3 Å². The molecule has 0 aliphatic heterocycles. The Morgan fingerprint density at radius 3 is 2.82 bits per heavy atom. The molecule has 0 saturated carbocycles. The van der Waals surface area contributed by atoms with Gasteiger partial charge in [-0.1, -0.05) is 28.9 Å². The number of amides is 1. The number of halogens is 1. The van der Waals surface area contributed by atoms with Crippen molar-refractivity contribution in [1.29, 1.82) is 0 Å². The molecule has 1 amide bonds. The zero-order chi connectivity index (χ0) is 15.5. The fraction of sp³-hybridized carbons (Fsp3) is 0.133. The summed E-state index contributed by atoms with van der Waals surface area (Å²) in [6.07, 6.45) is 1.43. The molecular weight excluding hydrogens is 306 g/mol. The van der Waals surface area contributed by atoms with Crippen molar-refractivity contribution in [3.05, 3.63) is 59.3 Å². The van der Waals surface area contributed by atoms with Crippen LogP contribution >= 0.6 is 11.6 Å². The third-order valence-electron chi connectivity index (χ3n) is 3.02. The van der Waals surface area contributed by atoms with E-state index in [9.17, 15) is 4.79 Å². The fourth-order valence-electron chi connectivity index (χ4n) is 1.90. The zero-order valence-electron chi connectivity index (χ0n) is 11.6. The second kappa shape index (κ2) is 6.03. The minimum atomic E-state index is -0.457. The summed E-state index contributed by atoms with van der Waals surface area (Å²) in [5.41, 5.74) is 0.670. The molecule has 0 unspecified atom stereocenters. The molecule has 2 heterocycles. The van der Waals surface area contributed by atoms with Crippen molar-refractivity contribution in [2.24, 2.45) is 0 Å². The number of furan rings is 1. The van der Waals surface area contributed by atoms with Gasteiger partial charge in [0.25, 0.3) is 5.91 Å². The van der Waals surface area contributed by atoms with Crippen LogP contribution in [0, 0.1) is 0 Å². The molecule has 0 aliphatic carbocycles. The van der Waals surface area contributed by atoms with E-state index < -0.39 is 6.04 Å². The summed E-state index contributed by atoms with van der Waals surface area (Å²) in [7, 11) is 0. The number of nitrogens with one attached hydrogen (secondary N) is 1. The highest BCUT2D eigenvalue weighted by molar-refractivity contribution is 6.33.